The van der Waals surface area contributed by atoms with Gasteiger partial charge in [-0.15, -0.1) is 0 Å². The van der Waals surface area contributed by atoms with Gasteiger partial charge < -0.3 is 25.5 Å². The number of piperazine rings is 1. The molecule has 5 N–H and O–H groups in total. The largest absolute Gasteiger partial charge is 0.409 e. The van der Waals surface area contributed by atoms with E-state index in [1.807, 2.05) is 18.7 Å². The zero-order valence-electron chi connectivity index (χ0n) is 21.7. The molecule has 0 unspecified atom stereocenters. The number of oxime groups is 1. The molecule has 0 amide bonds. The van der Waals surface area contributed by atoms with E-state index in [4.69, 9.17) is 16.4 Å². The standard InChI is InChI=1S/C20H21F3N8OS.C3H8S.CH3F/c21-12-1-2-14(16(8-12)29-33-19(28-32)27-11-24)17(25)31-6-5-30(10-20(31)3-4-20)18-15(23)7-13(22)9-26-18;1-3(2)4;1-2/h1-2,7-9,11,25,29,32H,3-6,10H2,(H2,24,27,28);3-4H,1-2H3;1H3. The van der Waals surface area contributed by atoms with Crippen LogP contribution in [0, 0.1) is 22.9 Å². The predicted molar refractivity (Wildman–Crippen MR) is 153 cm³/mol. The van der Waals surface area contributed by atoms with E-state index in [0.29, 0.717) is 43.3 Å². The highest BCUT2D eigenvalue weighted by Crippen LogP contribution is 2.46. The van der Waals surface area contributed by atoms with Crippen molar-refractivity contribution in [1.82, 2.24) is 9.88 Å². The number of benzene rings is 1. The summed E-state index contributed by atoms with van der Waals surface area (Å²) in [6, 6.07) is 4.79. The van der Waals surface area contributed by atoms with E-state index in [1.165, 1.54) is 18.2 Å². The molecular weight excluding hydrogens is 556 g/mol. The van der Waals surface area contributed by atoms with Gasteiger partial charge in [-0.3, -0.25) is 9.80 Å². The minimum Gasteiger partial charge on any atom is -0.409 e. The maximum Gasteiger partial charge on any atom is 0.247 e. The van der Waals surface area contributed by atoms with Gasteiger partial charge in [0.25, 0.3) is 0 Å². The van der Waals surface area contributed by atoms with Gasteiger partial charge in [-0.1, -0.05) is 19.0 Å². The Kier molecular flexibility index (Phi) is 12.2. The van der Waals surface area contributed by atoms with Crippen LogP contribution >= 0.6 is 24.6 Å². The minimum atomic E-state index is -0.737. The highest BCUT2D eigenvalue weighted by molar-refractivity contribution is 8.15. The van der Waals surface area contributed by atoms with Crippen molar-refractivity contribution < 1.29 is 22.8 Å². The third kappa shape index (κ3) is 8.65. The van der Waals surface area contributed by atoms with Crippen LogP contribution in [0.5, 0.6) is 0 Å². The quantitative estimate of drug-likeness (QED) is 0.0656. The first-order valence-electron chi connectivity index (χ1n) is 11.8. The number of hydrogen-bond donors (Lipinski definition) is 5. The minimum absolute atomic E-state index is 0.0886. The third-order valence-electron chi connectivity index (χ3n) is 5.60. The summed E-state index contributed by atoms with van der Waals surface area (Å²) in [6.45, 7) is 5.27. The fraction of sp³-hybridized carbons (Fsp3) is 0.417. The molecule has 1 aliphatic carbocycles. The number of amidine groups is 2. The van der Waals surface area contributed by atoms with Crippen LogP contribution in [-0.4, -0.2) is 70.0 Å². The van der Waals surface area contributed by atoms with Crippen molar-refractivity contribution in [1.29, 1.82) is 5.41 Å². The van der Waals surface area contributed by atoms with Crippen molar-refractivity contribution in [3.05, 3.63) is 53.5 Å². The number of thiol groups is 1. The highest BCUT2D eigenvalue weighted by Gasteiger charge is 2.53. The summed E-state index contributed by atoms with van der Waals surface area (Å²) < 4.78 is 53.8. The van der Waals surface area contributed by atoms with Crippen molar-refractivity contribution in [2.75, 3.05) is 36.4 Å². The van der Waals surface area contributed by atoms with E-state index in [2.05, 4.69) is 32.5 Å². The molecular formula is C24H32F4N8OS2. The number of aromatic nitrogens is 1. The number of rotatable bonds is 4. The molecule has 1 aromatic carbocycles. The van der Waals surface area contributed by atoms with Gasteiger partial charge in [0.15, 0.2) is 11.6 Å². The van der Waals surface area contributed by atoms with Crippen LogP contribution < -0.4 is 15.4 Å². The Morgan fingerprint density at radius 2 is 1.90 bits per heavy atom. The van der Waals surface area contributed by atoms with Crippen LogP contribution in [0.4, 0.5) is 29.1 Å². The first-order chi connectivity index (χ1) is 18.6. The van der Waals surface area contributed by atoms with Gasteiger partial charge in [-0.25, -0.2) is 23.1 Å². The van der Waals surface area contributed by atoms with Gasteiger partial charge in [0.1, 0.15) is 17.5 Å². The summed E-state index contributed by atoms with van der Waals surface area (Å²) in [7, 11) is 0.500. The molecule has 1 aliphatic heterocycles. The van der Waals surface area contributed by atoms with Crippen molar-refractivity contribution in [2.45, 2.75) is 37.5 Å². The summed E-state index contributed by atoms with van der Waals surface area (Å²) in [4.78, 5) is 11.3. The van der Waals surface area contributed by atoms with Crippen molar-refractivity contribution in [2.24, 2.45) is 15.9 Å². The lowest BCUT2D eigenvalue weighted by molar-refractivity contribution is 0.257. The molecule has 1 saturated heterocycles. The molecule has 0 atom stereocenters. The Labute approximate surface area is 234 Å². The molecule has 1 spiro atoms. The maximum atomic E-state index is 14.3. The molecule has 4 rings (SSSR count). The summed E-state index contributed by atoms with van der Waals surface area (Å²) in [5.41, 5.74) is 5.54. The lowest BCUT2D eigenvalue weighted by atomic mass is 10.1. The van der Waals surface area contributed by atoms with Crippen LogP contribution in [0.2, 0.25) is 0 Å². The second-order valence-electron chi connectivity index (χ2n) is 8.75. The van der Waals surface area contributed by atoms with Crippen molar-refractivity contribution >= 4 is 53.4 Å². The molecule has 1 saturated carbocycles. The molecule has 15 heteroatoms. The third-order valence-corrected chi connectivity index (χ3v) is 6.29. The number of nitrogens with one attached hydrogen (secondary N) is 2. The van der Waals surface area contributed by atoms with E-state index < -0.39 is 23.0 Å². The molecule has 1 aromatic heterocycles. The van der Waals surface area contributed by atoms with E-state index in [1.54, 1.807) is 4.90 Å². The second-order valence-corrected chi connectivity index (χ2v) is 10.6. The van der Waals surface area contributed by atoms with E-state index >= 15 is 0 Å². The number of nitrogens with zero attached hydrogens (tertiary/aromatic N) is 5. The van der Waals surface area contributed by atoms with Gasteiger partial charge in [0.2, 0.25) is 5.17 Å². The van der Waals surface area contributed by atoms with E-state index in [-0.39, 0.29) is 16.8 Å². The summed E-state index contributed by atoms with van der Waals surface area (Å²) in [6.07, 6.45) is 3.52. The van der Waals surface area contributed by atoms with Crippen LogP contribution in [0.3, 0.4) is 0 Å². The average Bonchev–Trinajstić information content (AvgIpc) is 3.66. The van der Waals surface area contributed by atoms with Gasteiger partial charge >= 0.3 is 0 Å². The molecule has 2 aromatic rings. The van der Waals surface area contributed by atoms with Crippen LogP contribution in [0.1, 0.15) is 32.3 Å². The van der Waals surface area contributed by atoms with E-state index in [0.717, 1.165) is 43.4 Å². The molecule has 2 aliphatic rings. The first kappa shape index (κ1) is 32.0. The monoisotopic (exact) mass is 588 g/mol. The van der Waals surface area contributed by atoms with Gasteiger partial charge in [0.05, 0.1) is 30.9 Å². The van der Waals surface area contributed by atoms with Crippen molar-refractivity contribution in [3.8, 4) is 0 Å². The van der Waals surface area contributed by atoms with Crippen LogP contribution in [-0.2, 0) is 0 Å². The zero-order chi connectivity index (χ0) is 29.2. The zero-order valence-corrected chi connectivity index (χ0v) is 23.4. The number of anilines is 2. The summed E-state index contributed by atoms with van der Waals surface area (Å²) >= 11 is 4.77. The number of alkyl halides is 1. The topological polar surface area (TPSA) is 126 Å². The Morgan fingerprint density at radius 3 is 2.46 bits per heavy atom. The average molecular weight is 589 g/mol. The van der Waals surface area contributed by atoms with Crippen LogP contribution in [0.25, 0.3) is 0 Å². The Morgan fingerprint density at radius 1 is 1.23 bits per heavy atom. The van der Waals surface area contributed by atoms with E-state index in [9.17, 15) is 17.6 Å². The first-order valence-corrected chi connectivity index (χ1v) is 13.1. The second kappa shape index (κ2) is 14.8. The Hall–Kier alpha value is -3.20. The summed E-state index contributed by atoms with van der Waals surface area (Å²) in [5.74, 6) is -1.71. The Balaban J connectivity index is 0.000000815. The normalized spacial score (nSPS) is 16.0. The van der Waals surface area contributed by atoms with Crippen LogP contribution in [0.15, 0.2) is 40.6 Å². The molecule has 2 heterocycles. The fourth-order valence-electron chi connectivity index (χ4n) is 3.91. The number of nitrogens with two attached hydrogens (primary N) is 1. The molecule has 214 valence electrons. The fourth-order valence-corrected chi connectivity index (χ4v) is 4.43. The van der Waals surface area contributed by atoms with Gasteiger partial charge in [0, 0.05) is 43.2 Å². The van der Waals surface area contributed by atoms with Gasteiger partial charge in [-0.2, -0.15) is 12.6 Å². The number of pyridine rings is 1. The predicted octanol–water partition coefficient (Wildman–Crippen LogP) is 4.88. The summed E-state index contributed by atoms with van der Waals surface area (Å²) in [5, 5.41) is 21.2. The van der Waals surface area contributed by atoms with Gasteiger partial charge in [-0.05, 0) is 36.3 Å². The molecule has 2 fully saturated rings. The highest BCUT2D eigenvalue weighted by atomic mass is 32.2. The molecule has 0 bridgehead atoms. The number of aliphatic imine (C=N–C) groups is 1. The number of hydrogen-bond acceptors (Lipinski definition) is 8. The Bertz CT molecular complexity index is 1180. The lowest BCUT2D eigenvalue weighted by Crippen LogP contribution is -2.57. The molecule has 9 nitrogen and oxygen atoms in total. The lowest BCUT2D eigenvalue weighted by Gasteiger charge is -2.44. The maximum absolute atomic E-state index is 14.3. The molecule has 0 radical (unpaired) electrons. The smallest absolute Gasteiger partial charge is 0.247 e. The van der Waals surface area contributed by atoms with Crippen molar-refractivity contribution in [3.63, 3.8) is 0 Å². The SMILES string of the molecule is CC(C)S.CF.N=C(c1ccc(F)cc1NSC(/N=C\N)=N/O)N1CCN(c2ncc(F)cc2F)CC12CC2. The number of halogens is 4. The molecule has 39 heavy (non-hydrogen) atoms.